The van der Waals surface area contributed by atoms with Crippen molar-refractivity contribution >= 4 is 11.8 Å². The highest BCUT2D eigenvalue weighted by atomic mass is 32.2. The molecule has 24 heavy (non-hydrogen) atoms. The van der Waals surface area contributed by atoms with Gasteiger partial charge in [0.1, 0.15) is 5.75 Å². The number of hydrogen-bond donors (Lipinski definition) is 0. The first-order valence-corrected chi connectivity index (χ1v) is 9.51. The number of imidazole rings is 1. The van der Waals surface area contributed by atoms with Gasteiger partial charge in [0.25, 0.3) is 0 Å². The Morgan fingerprint density at radius 1 is 1.38 bits per heavy atom. The third-order valence-electron chi connectivity index (χ3n) is 4.29. The molecular weight excluding hydrogens is 322 g/mol. The van der Waals surface area contributed by atoms with Crippen LogP contribution in [0.25, 0.3) is 0 Å². The summed E-state index contributed by atoms with van der Waals surface area (Å²) in [4.78, 5) is 9.20. The Labute approximate surface area is 147 Å². The molecule has 0 aliphatic carbocycles. The fourth-order valence-corrected chi connectivity index (χ4v) is 3.84. The Hall–Kier alpha value is -1.53. The standard InChI is InChI=1S/C18H25N3O2S/c1-4-22-16-8-7-15(19-10-16)12-24-18-20-13(2)14(3)21(18)11-17-6-5-9-23-17/h7-8,10,17H,4-6,9,11-12H2,1-3H3. The summed E-state index contributed by atoms with van der Waals surface area (Å²) >= 11 is 1.73. The van der Waals surface area contributed by atoms with Gasteiger partial charge in [-0.05, 0) is 45.7 Å². The summed E-state index contributed by atoms with van der Waals surface area (Å²) in [6.45, 7) is 8.62. The summed E-state index contributed by atoms with van der Waals surface area (Å²) < 4.78 is 13.5. The van der Waals surface area contributed by atoms with Gasteiger partial charge in [0, 0.05) is 18.1 Å². The van der Waals surface area contributed by atoms with Gasteiger partial charge in [-0.2, -0.15) is 0 Å². The zero-order valence-electron chi connectivity index (χ0n) is 14.6. The van der Waals surface area contributed by atoms with E-state index in [9.17, 15) is 0 Å². The number of nitrogens with zero attached hydrogens (tertiary/aromatic N) is 3. The minimum Gasteiger partial charge on any atom is -0.492 e. The maximum absolute atomic E-state index is 5.79. The van der Waals surface area contributed by atoms with E-state index in [1.807, 2.05) is 19.1 Å². The van der Waals surface area contributed by atoms with Crippen LogP contribution in [0.5, 0.6) is 5.75 Å². The van der Waals surface area contributed by atoms with Crippen molar-refractivity contribution in [2.24, 2.45) is 0 Å². The fraction of sp³-hybridized carbons (Fsp3) is 0.556. The molecule has 0 bridgehead atoms. The highest BCUT2D eigenvalue weighted by Gasteiger charge is 2.20. The van der Waals surface area contributed by atoms with E-state index in [0.29, 0.717) is 12.7 Å². The van der Waals surface area contributed by atoms with Crippen LogP contribution in [0.3, 0.4) is 0 Å². The Morgan fingerprint density at radius 3 is 2.92 bits per heavy atom. The second-order valence-corrected chi connectivity index (χ2v) is 6.96. The summed E-state index contributed by atoms with van der Waals surface area (Å²) in [5.74, 6) is 1.62. The van der Waals surface area contributed by atoms with E-state index in [-0.39, 0.29) is 0 Å². The van der Waals surface area contributed by atoms with E-state index in [0.717, 1.165) is 54.0 Å². The van der Waals surface area contributed by atoms with Gasteiger partial charge in [0.2, 0.25) is 0 Å². The van der Waals surface area contributed by atoms with Crippen molar-refractivity contribution in [3.63, 3.8) is 0 Å². The van der Waals surface area contributed by atoms with E-state index < -0.39 is 0 Å². The maximum atomic E-state index is 5.79. The lowest BCUT2D eigenvalue weighted by atomic mass is 10.2. The second-order valence-electron chi connectivity index (χ2n) is 6.02. The Bertz CT molecular complexity index is 664. The molecule has 1 aliphatic heterocycles. The minimum absolute atomic E-state index is 0.320. The molecule has 1 unspecified atom stereocenters. The maximum Gasteiger partial charge on any atom is 0.168 e. The monoisotopic (exact) mass is 347 g/mol. The first-order valence-electron chi connectivity index (χ1n) is 8.53. The van der Waals surface area contributed by atoms with Crippen molar-refractivity contribution in [2.75, 3.05) is 13.2 Å². The average molecular weight is 347 g/mol. The molecular formula is C18H25N3O2S. The predicted molar refractivity (Wildman–Crippen MR) is 95.6 cm³/mol. The molecule has 1 saturated heterocycles. The quantitative estimate of drug-likeness (QED) is 0.714. The lowest BCUT2D eigenvalue weighted by Gasteiger charge is -2.14. The Balaban J connectivity index is 1.66. The van der Waals surface area contributed by atoms with Crippen molar-refractivity contribution in [1.82, 2.24) is 14.5 Å². The van der Waals surface area contributed by atoms with Gasteiger partial charge in [0.05, 0.1) is 36.8 Å². The fourth-order valence-electron chi connectivity index (χ4n) is 2.83. The van der Waals surface area contributed by atoms with Gasteiger partial charge < -0.3 is 14.0 Å². The van der Waals surface area contributed by atoms with Crippen LogP contribution in [0.4, 0.5) is 0 Å². The van der Waals surface area contributed by atoms with Crippen LogP contribution < -0.4 is 4.74 Å². The van der Waals surface area contributed by atoms with E-state index in [1.54, 1.807) is 18.0 Å². The second kappa shape index (κ2) is 8.03. The molecule has 0 aromatic carbocycles. The SMILES string of the molecule is CCOc1ccc(CSc2nc(C)c(C)n2CC2CCCO2)nc1. The highest BCUT2D eigenvalue weighted by molar-refractivity contribution is 7.98. The molecule has 2 aromatic rings. The molecule has 0 N–H and O–H groups in total. The summed E-state index contributed by atoms with van der Waals surface area (Å²) in [5.41, 5.74) is 3.35. The number of pyridine rings is 1. The topological polar surface area (TPSA) is 49.2 Å². The normalized spacial score (nSPS) is 17.4. The molecule has 0 saturated carbocycles. The van der Waals surface area contributed by atoms with Gasteiger partial charge >= 0.3 is 0 Å². The number of rotatable bonds is 7. The van der Waals surface area contributed by atoms with Crippen molar-refractivity contribution in [3.05, 3.63) is 35.4 Å². The van der Waals surface area contributed by atoms with Crippen LogP contribution in [0, 0.1) is 13.8 Å². The van der Waals surface area contributed by atoms with Gasteiger partial charge in [-0.1, -0.05) is 11.8 Å². The molecule has 6 heteroatoms. The molecule has 1 fully saturated rings. The smallest absolute Gasteiger partial charge is 0.168 e. The molecule has 1 atom stereocenters. The molecule has 0 amide bonds. The average Bonchev–Trinajstić information content (AvgIpc) is 3.19. The van der Waals surface area contributed by atoms with Crippen LogP contribution in [-0.4, -0.2) is 33.9 Å². The molecule has 3 heterocycles. The summed E-state index contributed by atoms with van der Waals surface area (Å²) in [6, 6.07) is 3.99. The summed E-state index contributed by atoms with van der Waals surface area (Å²) in [6.07, 6.45) is 4.41. The van der Waals surface area contributed by atoms with Crippen LogP contribution >= 0.6 is 11.8 Å². The first kappa shape index (κ1) is 17.3. The molecule has 5 nitrogen and oxygen atoms in total. The van der Waals surface area contributed by atoms with Crippen molar-refractivity contribution in [2.45, 2.75) is 57.2 Å². The van der Waals surface area contributed by atoms with Gasteiger partial charge in [-0.25, -0.2) is 4.98 Å². The third kappa shape index (κ3) is 4.11. The molecule has 1 aliphatic rings. The van der Waals surface area contributed by atoms with Gasteiger partial charge in [-0.3, -0.25) is 4.98 Å². The number of thioether (sulfide) groups is 1. The van der Waals surface area contributed by atoms with Crippen LogP contribution in [0.15, 0.2) is 23.5 Å². The minimum atomic E-state index is 0.320. The number of hydrogen-bond acceptors (Lipinski definition) is 5. The summed E-state index contributed by atoms with van der Waals surface area (Å²) in [7, 11) is 0. The molecule has 2 aromatic heterocycles. The van der Waals surface area contributed by atoms with Crippen LogP contribution in [0.2, 0.25) is 0 Å². The lowest BCUT2D eigenvalue weighted by molar-refractivity contribution is 0.0945. The van der Waals surface area contributed by atoms with Crippen LogP contribution in [0.1, 0.15) is 36.8 Å². The van der Waals surface area contributed by atoms with E-state index in [4.69, 9.17) is 14.5 Å². The molecule has 3 rings (SSSR count). The highest BCUT2D eigenvalue weighted by Crippen LogP contribution is 2.26. The van der Waals surface area contributed by atoms with Crippen LogP contribution in [-0.2, 0) is 17.0 Å². The molecule has 130 valence electrons. The Kier molecular flexibility index (Phi) is 5.79. The van der Waals surface area contributed by atoms with E-state index >= 15 is 0 Å². The molecule has 0 radical (unpaired) electrons. The van der Waals surface area contributed by atoms with E-state index in [2.05, 4.69) is 23.4 Å². The zero-order chi connectivity index (χ0) is 16.9. The predicted octanol–water partition coefficient (Wildman–Crippen LogP) is 3.76. The lowest BCUT2D eigenvalue weighted by Crippen LogP contribution is -2.16. The Morgan fingerprint density at radius 2 is 2.25 bits per heavy atom. The number of aryl methyl sites for hydroxylation is 1. The third-order valence-corrected chi connectivity index (χ3v) is 5.30. The van der Waals surface area contributed by atoms with Crippen molar-refractivity contribution < 1.29 is 9.47 Å². The number of ether oxygens (including phenoxy) is 2. The first-order chi connectivity index (χ1) is 11.7. The molecule has 0 spiro atoms. The van der Waals surface area contributed by atoms with E-state index in [1.165, 1.54) is 5.69 Å². The number of aromatic nitrogens is 3. The van der Waals surface area contributed by atoms with Gasteiger partial charge in [0.15, 0.2) is 5.16 Å². The largest absolute Gasteiger partial charge is 0.492 e. The van der Waals surface area contributed by atoms with Gasteiger partial charge in [-0.15, -0.1) is 0 Å². The van der Waals surface area contributed by atoms with Crippen molar-refractivity contribution in [1.29, 1.82) is 0 Å². The zero-order valence-corrected chi connectivity index (χ0v) is 15.4. The summed E-state index contributed by atoms with van der Waals surface area (Å²) in [5, 5.41) is 1.05. The van der Waals surface area contributed by atoms with Crippen molar-refractivity contribution in [3.8, 4) is 5.75 Å².